The number of carbonyl (C=O) groups is 2. The van der Waals surface area contributed by atoms with E-state index >= 15 is 0 Å². The molecule has 1 heterocycles. The van der Waals surface area contributed by atoms with Gasteiger partial charge in [0.05, 0.1) is 24.0 Å². The Labute approximate surface area is 165 Å². The molecule has 1 aliphatic heterocycles. The second-order valence-electron chi connectivity index (χ2n) is 6.51. The van der Waals surface area contributed by atoms with Crippen molar-refractivity contribution < 1.29 is 27.7 Å². The minimum atomic E-state index is -4.50. The molecular weight excluding hydrogens is 410 g/mol. The third-order valence-corrected chi connectivity index (χ3v) is 7.22. The highest BCUT2D eigenvalue weighted by Gasteiger charge is 2.41. The first-order chi connectivity index (χ1) is 13.2. The zero-order valence-corrected chi connectivity index (χ0v) is 16.6. The molecule has 2 amide bonds. The molecule has 1 aromatic carbocycles. The molecule has 12 heteroatoms. The fourth-order valence-corrected chi connectivity index (χ4v) is 5.35. The predicted octanol–water partition coefficient (Wildman–Crippen LogP) is 1.11. The summed E-state index contributed by atoms with van der Waals surface area (Å²) in [7, 11) is -3.21. The van der Waals surface area contributed by atoms with Crippen molar-refractivity contribution in [1.82, 2.24) is 9.62 Å². The molecule has 10 nitrogen and oxygen atoms in total. The van der Waals surface area contributed by atoms with E-state index in [1.165, 1.54) is 29.8 Å². The Morgan fingerprint density at radius 3 is 2.64 bits per heavy atom. The van der Waals surface area contributed by atoms with Crippen molar-refractivity contribution in [3.63, 3.8) is 0 Å². The zero-order valence-electron chi connectivity index (χ0n) is 15.0. The molecule has 0 spiro atoms. The maximum absolute atomic E-state index is 12.6. The number of rotatable bonds is 6. The van der Waals surface area contributed by atoms with E-state index in [4.69, 9.17) is 4.74 Å². The van der Waals surface area contributed by atoms with Crippen LogP contribution in [0.3, 0.4) is 0 Å². The van der Waals surface area contributed by atoms with Crippen LogP contribution in [0.4, 0.5) is 5.69 Å². The number of carbonyl (C=O) groups excluding carboxylic acids is 2. The number of hydrogen-bond donors (Lipinski definition) is 1. The quantitative estimate of drug-likeness (QED) is 0.525. The molecule has 1 N–H and O–H groups in total. The van der Waals surface area contributed by atoms with Gasteiger partial charge in [0.15, 0.2) is 4.90 Å². The molecular formula is C16H19N3O7S2. The molecule has 2 aliphatic rings. The van der Waals surface area contributed by atoms with Crippen LogP contribution in [0.1, 0.15) is 19.3 Å². The summed E-state index contributed by atoms with van der Waals surface area (Å²) in [6.45, 7) is 0. The largest absolute Gasteiger partial charge is 0.497 e. The summed E-state index contributed by atoms with van der Waals surface area (Å²) in [6, 6.07) is 2.30. The number of sulfonamides is 1. The van der Waals surface area contributed by atoms with Gasteiger partial charge >= 0.3 is 0 Å². The predicted molar refractivity (Wildman–Crippen MR) is 100 cm³/mol. The summed E-state index contributed by atoms with van der Waals surface area (Å²) in [6.07, 6.45) is 2.50. The third-order valence-electron chi connectivity index (χ3n) is 4.81. The van der Waals surface area contributed by atoms with Crippen LogP contribution in [0.5, 0.6) is 5.75 Å². The second-order valence-corrected chi connectivity index (χ2v) is 9.16. The van der Waals surface area contributed by atoms with Crippen LogP contribution in [0.25, 0.3) is 0 Å². The summed E-state index contributed by atoms with van der Waals surface area (Å²) in [5.74, 6) is -0.442. The lowest BCUT2D eigenvalue weighted by Crippen LogP contribution is -2.51. The summed E-state index contributed by atoms with van der Waals surface area (Å²) >= 11 is 1.36. The molecule has 3 rings (SSSR count). The van der Waals surface area contributed by atoms with E-state index < -0.39 is 37.5 Å². The fraction of sp³-hybridized carbons (Fsp3) is 0.500. The number of benzene rings is 1. The van der Waals surface area contributed by atoms with Crippen molar-refractivity contribution in [1.29, 1.82) is 0 Å². The third kappa shape index (κ3) is 3.92. The minimum absolute atomic E-state index is 0.112. The van der Waals surface area contributed by atoms with E-state index in [9.17, 15) is 28.1 Å². The van der Waals surface area contributed by atoms with Gasteiger partial charge in [-0.25, -0.2) is 13.1 Å². The summed E-state index contributed by atoms with van der Waals surface area (Å²) < 4.78 is 32.0. The van der Waals surface area contributed by atoms with Crippen molar-refractivity contribution in [2.24, 2.45) is 5.92 Å². The first kappa shape index (κ1) is 20.4. The van der Waals surface area contributed by atoms with Gasteiger partial charge in [-0.3, -0.25) is 19.7 Å². The Hall–Kier alpha value is -2.34. The molecule has 1 atom stereocenters. The Bertz CT molecular complexity index is 915. The van der Waals surface area contributed by atoms with Crippen LogP contribution in [0.2, 0.25) is 0 Å². The first-order valence-corrected chi connectivity index (χ1v) is 11.2. The zero-order chi connectivity index (χ0) is 20.5. The molecule has 28 heavy (non-hydrogen) atoms. The van der Waals surface area contributed by atoms with Crippen LogP contribution in [0, 0.1) is 16.0 Å². The number of amides is 2. The molecule has 1 aromatic rings. The lowest BCUT2D eigenvalue weighted by atomic mass is 9.84. The van der Waals surface area contributed by atoms with E-state index in [1.807, 2.05) is 4.72 Å². The van der Waals surface area contributed by atoms with Crippen molar-refractivity contribution in [3.8, 4) is 5.75 Å². The van der Waals surface area contributed by atoms with Gasteiger partial charge in [-0.05, 0) is 25.0 Å². The number of nitro benzene ring substituents is 1. The number of nitro groups is 1. The number of ether oxygens (including phenoxy) is 1. The summed E-state index contributed by atoms with van der Waals surface area (Å²) in [4.78, 5) is 36.2. The van der Waals surface area contributed by atoms with Crippen LogP contribution >= 0.6 is 11.8 Å². The van der Waals surface area contributed by atoms with Gasteiger partial charge in [0.2, 0.25) is 5.91 Å². The molecule has 1 aliphatic carbocycles. The lowest BCUT2D eigenvalue weighted by Gasteiger charge is -2.31. The Balaban J connectivity index is 1.81. The molecule has 1 saturated heterocycles. The maximum atomic E-state index is 12.6. The van der Waals surface area contributed by atoms with Crippen molar-refractivity contribution in [2.45, 2.75) is 30.2 Å². The van der Waals surface area contributed by atoms with Crippen LogP contribution in [0.15, 0.2) is 23.1 Å². The van der Waals surface area contributed by atoms with Gasteiger partial charge in [-0.1, -0.05) is 6.42 Å². The monoisotopic (exact) mass is 429 g/mol. The topological polar surface area (TPSA) is 136 Å². The van der Waals surface area contributed by atoms with Gasteiger partial charge in [-0.15, -0.1) is 11.8 Å². The van der Waals surface area contributed by atoms with Crippen LogP contribution in [-0.4, -0.2) is 54.8 Å². The number of thioether (sulfide) groups is 1. The molecule has 0 radical (unpaired) electrons. The number of hydrogen-bond acceptors (Lipinski definition) is 8. The lowest BCUT2D eigenvalue weighted by molar-refractivity contribution is -0.387. The molecule has 152 valence electrons. The average molecular weight is 429 g/mol. The normalized spacial score (nSPS) is 19.8. The van der Waals surface area contributed by atoms with Gasteiger partial charge in [0.25, 0.3) is 21.6 Å². The van der Waals surface area contributed by atoms with Crippen molar-refractivity contribution in [2.75, 3.05) is 18.7 Å². The molecule has 1 unspecified atom stereocenters. The summed E-state index contributed by atoms with van der Waals surface area (Å²) in [5.41, 5.74) is -0.706. The van der Waals surface area contributed by atoms with E-state index in [0.29, 0.717) is 5.88 Å². The van der Waals surface area contributed by atoms with E-state index in [2.05, 4.69) is 0 Å². The van der Waals surface area contributed by atoms with Crippen molar-refractivity contribution in [3.05, 3.63) is 28.3 Å². The molecule has 2 fully saturated rings. The standard InChI is InChI=1S/C16H19N3O7S2/c1-26-11-5-6-14(12(7-11)19(22)23)28(24,25)17-15(20)13-8-27-9-18(13)16(21)10-3-2-4-10/h5-7,10,13H,2-4,8-9H2,1H3,(H,17,20). The fourth-order valence-electron chi connectivity index (χ4n) is 3.02. The van der Waals surface area contributed by atoms with E-state index in [0.717, 1.165) is 31.4 Å². The highest BCUT2D eigenvalue weighted by Crippen LogP contribution is 2.33. The van der Waals surface area contributed by atoms with Gasteiger partial charge in [0.1, 0.15) is 11.8 Å². The Morgan fingerprint density at radius 1 is 1.36 bits per heavy atom. The van der Waals surface area contributed by atoms with Crippen LogP contribution < -0.4 is 9.46 Å². The maximum Gasteiger partial charge on any atom is 0.293 e. The molecule has 0 aromatic heterocycles. The minimum Gasteiger partial charge on any atom is -0.497 e. The van der Waals surface area contributed by atoms with E-state index in [-0.39, 0.29) is 23.3 Å². The number of methoxy groups -OCH3 is 1. The number of nitrogens with one attached hydrogen (secondary N) is 1. The highest BCUT2D eigenvalue weighted by atomic mass is 32.2. The van der Waals surface area contributed by atoms with Gasteiger partial charge in [0, 0.05) is 11.7 Å². The average Bonchev–Trinajstić information content (AvgIpc) is 3.09. The summed E-state index contributed by atoms with van der Waals surface area (Å²) in [5, 5.41) is 11.3. The number of nitrogens with zero attached hydrogens (tertiary/aromatic N) is 2. The Kier molecular flexibility index (Phi) is 5.79. The van der Waals surface area contributed by atoms with Gasteiger partial charge in [-0.2, -0.15) is 0 Å². The Morgan fingerprint density at radius 2 is 2.07 bits per heavy atom. The second kappa shape index (κ2) is 7.95. The first-order valence-electron chi connectivity index (χ1n) is 8.52. The SMILES string of the molecule is COc1ccc(S(=O)(=O)NC(=O)C2CSCN2C(=O)C2CCC2)c([N+](=O)[O-])c1. The van der Waals surface area contributed by atoms with Crippen molar-refractivity contribution >= 4 is 39.3 Å². The molecule has 1 saturated carbocycles. The van der Waals surface area contributed by atoms with Gasteiger partial charge < -0.3 is 9.64 Å². The van der Waals surface area contributed by atoms with E-state index in [1.54, 1.807) is 0 Å². The highest BCUT2D eigenvalue weighted by molar-refractivity contribution is 7.99. The van der Waals surface area contributed by atoms with Crippen LogP contribution in [-0.2, 0) is 19.6 Å². The smallest absolute Gasteiger partial charge is 0.293 e. The molecule has 0 bridgehead atoms.